The van der Waals surface area contributed by atoms with Crippen molar-refractivity contribution < 1.29 is 33.4 Å². The fraction of sp³-hybridized carbons (Fsp3) is 0.429. The molecule has 0 spiro atoms. The molecule has 21 nitrogen and oxygen atoms in total. The first-order valence-electron chi connectivity index (χ1n) is 25.9. The lowest BCUT2D eigenvalue weighted by Gasteiger charge is -2.24. The molecule has 77 heavy (non-hydrogen) atoms. The lowest BCUT2D eigenvalue weighted by Crippen LogP contribution is -2.38. The number of hydrogen-bond donors (Lipinski definition) is 4. The maximum Gasteiger partial charge on any atom is 0.412 e. The number of pyridine rings is 2. The molecule has 7 heterocycles. The van der Waals surface area contributed by atoms with Crippen LogP contribution in [0, 0.1) is 6.92 Å². The Hall–Kier alpha value is -8.36. The van der Waals surface area contributed by atoms with Crippen molar-refractivity contribution in [1.29, 1.82) is 0 Å². The zero-order chi connectivity index (χ0) is 55.5. The number of nitrogens with one attached hydrogen (secondary N) is 4. The number of hydrogen-bond acceptors (Lipinski definition) is 15. The van der Waals surface area contributed by atoms with Gasteiger partial charge in [0.15, 0.2) is 11.6 Å². The Morgan fingerprint density at radius 2 is 1.12 bits per heavy atom. The minimum absolute atomic E-state index is 0.0514. The average molecular weight is 1050 g/mol. The minimum atomic E-state index is -0.663. The first-order valence-corrected chi connectivity index (χ1v) is 25.9. The third kappa shape index (κ3) is 13.9. The Balaban J connectivity index is 0.000000212. The number of ether oxygens (including phenoxy) is 3. The molecule has 2 aliphatic heterocycles. The summed E-state index contributed by atoms with van der Waals surface area (Å²) in [7, 11) is 0. The van der Waals surface area contributed by atoms with Crippen LogP contribution >= 0.6 is 0 Å². The largest absolute Gasteiger partial charge is 0.461 e. The van der Waals surface area contributed by atoms with E-state index in [1.807, 2.05) is 154 Å². The molecule has 4 N–H and O–H groups in total. The molecular formula is C56H70N14O7. The molecule has 0 unspecified atom stereocenters. The van der Waals surface area contributed by atoms with E-state index in [2.05, 4.69) is 51.4 Å². The molecule has 0 aliphatic carbocycles. The zero-order valence-electron chi connectivity index (χ0n) is 46.2. The summed E-state index contributed by atoms with van der Waals surface area (Å²) in [5.41, 5.74) is 4.24. The van der Waals surface area contributed by atoms with Gasteiger partial charge in [-0.3, -0.25) is 29.6 Å². The van der Waals surface area contributed by atoms with Gasteiger partial charge in [-0.15, -0.1) is 0 Å². The second-order valence-corrected chi connectivity index (χ2v) is 22.0. The van der Waals surface area contributed by atoms with Gasteiger partial charge in [0, 0.05) is 96.5 Å². The number of anilines is 6. The van der Waals surface area contributed by atoms with Crippen molar-refractivity contribution in [1.82, 2.24) is 49.3 Å². The van der Waals surface area contributed by atoms with Crippen molar-refractivity contribution in [3.05, 3.63) is 90.3 Å². The average Bonchev–Trinajstić information content (AvgIpc) is 3.79. The number of aryl methyl sites for hydroxylation is 1. The van der Waals surface area contributed by atoms with Gasteiger partial charge in [-0.05, 0) is 137 Å². The smallest absolute Gasteiger partial charge is 0.412 e. The first kappa shape index (κ1) is 54.9. The van der Waals surface area contributed by atoms with E-state index >= 15 is 0 Å². The van der Waals surface area contributed by atoms with E-state index in [1.165, 1.54) is 0 Å². The Bertz CT molecular complexity index is 3330. The lowest BCUT2D eigenvalue weighted by atomic mass is 10.0. The highest BCUT2D eigenvalue weighted by molar-refractivity contribution is 6.04. The van der Waals surface area contributed by atoms with Crippen molar-refractivity contribution in [2.75, 3.05) is 34.4 Å². The SMILES string of the molecule is CC(C)N1CCc2cc(Nc3cc4cccc(NC(=O)OC(C)(C)C)c4cn3)nn2CC1=O.Cc1nc(OC(C)C)ncc1-c1cc(NC(=O)OC(C)(C)C)c2cnc(Nc3cc4n(n3)CC(=O)N(C(C)C)CC4)cc2c1. The molecular weight excluding hydrogens is 981 g/mol. The maximum atomic E-state index is 12.8. The van der Waals surface area contributed by atoms with Crippen LogP contribution in [0.25, 0.3) is 32.7 Å². The van der Waals surface area contributed by atoms with Gasteiger partial charge >= 0.3 is 18.2 Å². The molecule has 21 heteroatoms. The minimum Gasteiger partial charge on any atom is -0.461 e. The van der Waals surface area contributed by atoms with Crippen LogP contribution < -0.4 is 26.0 Å². The number of carbonyl (C=O) groups excluding carboxylic acids is 4. The highest BCUT2D eigenvalue weighted by atomic mass is 16.6. The summed E-state index contributed by atoms with van der Waals surface area (Å²) in [6.45, 7) is 26.5. The van der Waals surface area contributed by atoms with E-state index in [9.17, 15) is 19.2 Å². The standard InChI is InChI=1S/C32H40N8O4.C24H30N6O3/c1-18(2)39-10-9-23-14-28(38-40(23)17-29(39)41)37-27-13-22-11-21(24-15-34-30(35-20(24)5)43-19(3)4)12-26(25(22)16-33-27)36-31(42)44-32(6,7)8;1-15(2)29-10-9-17-12-21(28-30(17)14-22(29)31)27-20-11-16-7-6-8-19(18(16)13-25-20)26-23(32)33-24(3,4)5/h11-16,18-19H,9-10,17H2,1-8H3,(H,36,42)(H,33,37,38);6-8,11-13,15H,9-10,14H2,1-5H3,(H,26,32)(H,25,27,28). The summed E-state index contributed by atoms with van der Waals surface area (Å²) < 4.78 is 20.1. The molecule has 0 saturated carbocycles. The van der Waals surface area contributed by atoms with Crippen molar-refractivity contribution in [2.24, 2.45) is 0 Å². The number of fused-ring (bicyclic) bond motifs is 4. The van der Waals surface area contributed by atoms with E-state index in [1.54, 1.807) is 28.0 Å². The zero-order valence-corrected chi connectivity index (χ0v) is 46.2. The van der Waals surface area contributed by atoms with Crippen LogP contribution in [-0.2, 0) is 45.0 Å². The molecule has 0 radical (unpaired) electrons. The quantitative estimate of drug-likeness (QED) is 0.0943. The van der Waals surface area contributed by atoms with Crippen molar-refractivity contribution in [3.8, 4) is 17.1 Å². The van der Waals surface area contributed by atoms with Gasteiger partial charge < -0.3 is 34.6 Å². The molecule has 2 aliphatic rings. The van der Waals surface area contributed by atoms with E-state index < -0.39 is 23.4 Å². The topological polar surface area (TPSA) is 238 Å². The lowest BCUT2D eigenvalue weighted by molar-refractivity contribution is -0.134. The van der Waals surface area contributed by atoms with E-state index in [0.29, 0.717) is 53.7 Å². The fourth-order valence-electron chi connectivity index (χ4n) is 8.98. The van der Waals surface area contributed by atoms with Crippen molar-refractivity contribution in [2.45, 2.75) is 145 Å². The van der Waals surface area contributed by atoms with Crippen LogP contribution in [0.1, 0.15) is 100 Å². The summed E-state index contributed by atoms with van der Waals surface area (Å²) in [6, 6.07) is 17.8. The highest BCUT2D eigenvalue weighted by Crippen LogP contribution is 2.35. The molecule has 406 valence electrons. The van der Waals surface area contributed by atoms with Crippen LogP contribution in [0.2, 0.25) is 0 Å². The van der Waals surface area contributed by atoms with E-state index in [0.717, 1.165) is 62.6 Å². The second kappa shape index (κ2) is 22.5. The van der Waals surface area contributed by atoms with Crippen molar-refractivity contribution >= 4 is 80.2 Å². The molecule has 9 rings (SSSR count). The number of amides is 4. The fourth-order valence-corrected chi connectivity index (χ4v) is 8.98. The molecule has 4 amide bonds. The number of aromatic nitrogens is 8. The third-order valence-corrected chi connectivity index (χ3v) is 12.4. The van der Waals surface area contributed by atoms with E-state index in [4.69, 9.17) is 14.2 Å². The summed E-state index contributed by atoms with van der Waals surface area (Å²) in [5.74, 6) is 2.57. The molecule has 0 atom stereocenters. The normalized spacial score (nSPS) is 13.9. The molecule has 7 aromatic rings. The van der Waals surface area contributed by atoms with Gasteiger partial charge in [0.1, 0.15) is 35.9 Å². The molecule has 0 fully saturated rings. The summed E-state index contributed by atoms with van der Waals surface area (Å²) in [6.07, 6.45) is 5.46. The Morgan fingerprint density at radius 1 is 0.610 bits per heavy atom. The van der Waals surface area contributed by atoms with Gasteiger partial charge in [-0.25, -0.2) is 24.5 Å². The molecule has 5 aromatic heterocycles. The number of nitrogens with zero attached hydrogens (tertiary/aromatic N) is 10. The summed E-state index contributed by atoms with van der Waals surface area (Å²) in [5, 5.41) is 24.7. The Morgan fingerprint density at radius 3 is 1.61 bits per heavy atom. The van der Waals surface area contributed by atoms with Gasteiger partial charge in [-0.2, -0.15) is 15.2 Å². The molecule has 2 aromatic carbocycles. The van der Waals surface area contributed by atoms with Crippen LogP contribution in [0.15, 0.2) is 73.2 Å². The number of carbonyl (C=O) groups is 4. The molecule has 0 bridgehead atoms. The predicted octanol–water partition coefficient (Wildman–Crippen LogP) is 10.2. The third-order valence-electron chi connectivity index (χ3n) is 12.4. The monoisotopic (exact) mass is 1050 g/mol. The van der Waals surface area contributed by atoms with Gasteiger partial charge in [-0.1, -0.05) is 12.1 Å². The van der Waals surface area contributed by atoms with E-state index in [-0.39, 0.29) is 43.1 Å². The van der Waals surface area contributed by atoms with Crippen LogP contribution in [0.4, 0.5) is 44.2 Å². The Labute approximate surface area is 448 Å². The second-order valence-electron chi connectivity index (χ2n) is 22.0. The van der Waals surface area contributed by atoms with Gasteiger partial charge in [0.05, 0.1) is 23.2 Å². The van der Waals surface area contributed by atoms with Gasteiger partial charge in [0.25, 0.3) is 0 Å². The van der Waals surface area contributed by atoms with Crippen LogP contribution in [0.3, 0.4) is 0 Å². The predicted molar refractivity (Wildman–Crippen MR) is 297 cm³/mol. The van der Waals surface area contributed by atoms with Crippen LogP contribution in [0.5, 0.6) is 6.01 Å². The summed E-state index contributed by atoms with van der Waals surface area (Å²) >= 11 is 0. The molecule has 0 saturated heterocycles. The van der Waals surface area contributed by atoms with Gasteiger partial charge in [0.2, 0.25) is 11.8 Å². The summed E-state index contributed by atoms with van der Waals surface area (Å²) in [4.78, 5) is 72.0. The number of benzene rings is 2. The van der Waals surface area contributed by atoms with Crippen LogP contribution in [-0.4, -0.2) is 116 Å². The maximum absolute atomic E-state index is 12.8. The Kier molecular flexibility index (Phi) is 16.0. The first-order chi connectivity index (χ1) is 36.3. The van der Waals surface area contributed by atoms with Crippen molar-refractivity contribution in [3.63, 3.8) is 0 Å². The number of rotatable bonds is 11. The highest BCUT2D eigenvalue weighted by Gasteiger charge is 2.26.